The van der Waals surface area contributed by atoms with Crippen LogP contribution in [0.15, 0.2) is 0 Å². The van der Waals surface area contributed by atoms with E-state index in [2.05, 4.69) is 10.6 Å². The van der Waals surface area contributed by atoms with Crippen LogP contribution in [0.2, 0.25) is 0 Å². The molecule has 1 heterocycles. The van der Waals surface area contributed by atoms with Crippen molar-refractivity contribution in [1.29, 1.82) is 0 Å². The lowest BCUT2D eigenvalue weighted by Gasteiger charge is -2.16. The molecule has 1 rings (SSSR count). The zero-order valence-corrected chi connectivity index (χ0v) is 10.3. The van der Waals surface area contributed by atoms with Crippen molar-refractivity contribution in [2.24, 2.45) is 0 Å². The van der Waals surface area contributed by atoms with Crippen molar-refractivity contribution in [2.75, 3.05) is 24.7 Å². The topological polar surface area (TPSA) is 78.4 Å². The molecule has 0 spiro atoms. The Morgan fingerprint density at radius 2 is 2.20 bits per heavy atom. The first-order valence-corrected chi connectivity index (χ1v) is 7.11. The summed E-state index contributed by atoms with van der Waals surface area (Å²) in [5.41, 5.74) is 0. The summed E-state index contributed by atoms with van der Waals surface area (Å²) in [6, 6.07) is -0.352. The standard InChI is InChI=1S/C7H13ClN2O3S2/c8-5-3-15(12,13)4-6(5)10-7(14)9-1-2-11/h5-6,11H,1-4H2,(H2,9,10,14)/t5-,6-/m1/s1. The highest BCUT2D eigenvalue weighted by atomic mass is 35.5. The van der Waals surface area contributed by atoms with E-state index in [1.165, 1.54) is 0 Å². The largest absolute Gasteiger partial charge is 0.395 e. The van der Waals surface area contributed by atoms with E-state index in [-0.39, 0.29) is 24.2 Å². The van der Waals surface area contributed by atoms with Gasteiger partial charge in [-0.25, -0.2) is 8.42 Å². The SMILES string of the molecule is O=S1(=O)C[C@@H](Cl)[C@H](NC(=S)NCCO)C1. The number of nitrogens with one attached hydrogen (secondary N) is 2. The minimum absolute atomic E-state index is 0.00209. The fourth-order valence-corrected chi connectivity index (χ4v) is 4.13. The molecule has 3 N–H and O–H groups in total. The average molecular weight is 273 g/mol. The molecule has 0 aromatic heterocycles. The van der Waals surface area contributed by atoms with E-state index in [0.29, 0.717) is 11.7 Å². The molecule has 0 bridgehead atoms. The van der Waals surface area contributed by atoms with Gasteiger partial charge in [0.2, 0.25) is 0 Å². The van der Waals surface area contributed by atoms with Gasteiger partial charge in [-0.1, -0.05) is 0 Å². The summed E-state index contributed by atoms with van der Waals surface area (Å²) in [7, 11) is -3.04. The summed E-state index contributed by atoms with van der Waals surface area (Å²) in [5.74, 6) is -0.0169. The van der Waals surface area contributed by atoms with Gasteiger partial charge < -0.3 is 15.7 Å². The zero-order valence-electron chi connectivity index (χ0n) is 7.94. The molecular formula is C7H13ClN2O3S2. The normalized spacial score (nSPS) is 28.7. The van der Waals surface area contributed by atoms with Crippen molar-refractivity contribution in [1.82, 2.24) is 10.6 Å². The smallest absolute Gasteiger partial charge is 0.166 e. The van der Waals surface area contributed by atoms with E-state index in [1.807, 2.05) is 0 Å². The Kier molecular flexibility index (Phi) is 4.57. The van der Waals surface area contributed by atoms with Gasteiger partial charge in [-0.15, -0.1) is 11.6 Å². The summed E-state index contributed by atoms with van der Waals surface area (Å²) >= 11 is 10.8. The number of thiocarbonyl (C=S) groups is 1. The van der Waals surface area contributed by atoms with Crippen LogP contribution in [0.5, 0.6) is 0 Å². The minimum Gasteiger partial charge on any atom is -0.395 e. The Balaban J connectivity index is 2.43. The van der Waals surface area contributed by atoms with Crippen molar-refractivity contribution in [3.8, 4) is 0 Å². The number of rotatable bonds is 3. The molecular weight excluding hydrogens is 260 g/mol. The number of alkyl halides is 1. The first-order valence-electron chi connectivity index (χ1n) is 4.44. The van der Waals surface area contributed by atoms with Crippen molar-refractivity contribution < 1.29 is 13.5 Å². The summed E-state index contributed by atoms with van der Waals surface area (Å²) in [4.78, 5) is 0. The Hall–Kier alpha value is -0.110. The van der Waals surface area contributed by atoms with Gasteiger partial charge in [-0.2, -0.15) is 0 Å². The van der Waals surface area contributed by atoms with Gasteiger partial charge in [-0.05, 0) is 12.2 Å². The number of hydrogen-bond acceptors (Lipinski definition) is 4. The van der Waals surface area contributed by atoms with E-state index in [9.17, 15) is 8.42 Å². The molecule has 5 nitrogen and oxygen atoms in total. The Morgan fingerprint density at radius 3 is 2.67 bits per heavy atom. The van der Waals surface area contributed by atoms with Crippen LogP contribution >= 0.6 is 23.8 Å². The molecule has 0 aliphatic carbocycles. The molecule has 1 fully saturated rings. The molecule has 0 amide bonds. The molecule has 88 valence electrons. The molecule has 1 saturated heterocycles. The fourth-order valence-electron chi connectivity index (χ4n) is 1.33. The minimum atomic E-state index is -3.04. The van der Waals surface area contributed by atoms with Crippen LogP contribution in [0, 0.1) is 0 Å². The van der Waals surface area contributed by atoms with Gasteiger partial charge >= 0.3 is 0 Å². The van der Waals surface area contributed by atoms with E-state index in [0.717, 1.165) is 0 Å². The molecule has 2 atom stereocenters. The summed E-state index contributed by atoms with van der Waals surface area (Å²) in [5, 5.41) is 13.9. The highest BCUT2D eigenvalue weighted by Crippen LogP contribution is 2.17. The second-order valence-corrected chi connectivity index (χ2v) is 6.45. The first-order chi connectivity index (χ1) is 6.94. The third-order valence-electron chi connectivity index (χ3n) is 2.00. The van der Waals surface area contributed by atoms with Crippen LogP contribution < -0.4 is 10.6 Å². The van der Waals surface area contributed by atoms with Crippen molar-refractivity contribution in [2.45, 2.75) is 11.4 Å². The lowest BCUT2D eigenvalue weighted by molar-refractivity contribution is 0.300. The van der Waals surface area contributed by atoms with E-state index in [1.54, 1.807) is 0 Å². The quantitative estimate of drug-likeness (QED) is 0.445. The highest BCUT2D eigenvalue weighted by molar-refractivity contribution is 7.91. The second-order valence-electron chi connectivity index (χ2n) is 3.32. The summed E-state index contributed by atoms with van der Waals surface area (Å²) in [6.07, 6.45) is 0. The lowest BCUT2D eigenvalue weighted by atomic mass is 10.2. The third kappa shape index (κ3) is 4.10. The van der Waals surface area contributed by atoms with Crippen molar-refractivity contribution >= 4 is 38.8 Å². The molecule has 0 unspecified atom stereocenters. The predicted molar refractivity (Wildman–Crippen MR) is 62.9 cm³/mol. The number of hydrogen-bond donors (Lipinski definition) is 3. The molecule has 0 aromatic carbocycles. The second kappa shape index (κ2) is 5.29. The molecule has 8 heteroatoms. The fraction of sp³-hybridized carbons (Fsp3) is 0.857. The summed E-state index contributed by atoms with van der Waals surface area (Å²) < 4.78 is 22.4. The van der Waals surface area contributed by atoms with E-state index < -0.39 is 15.2 Å². The zero-order chi connectivity index (χ0) is 11.5. The third-order valence-corrected chi connectivity index (χ3v) is 4.63. The maximum absolute atomic E-state index is 11.2. The van der Waals surface area contributed by atoms with Gasteiger partial charge in [0.15, 0.2) is 14.9 Å². The molecule has 0 saturated carbocycles. The Labute approximate surface area is 99.1 Å². The predicted octanol–water partition coefficient (Wildman–Crippen LogP) is -1.15. The first kappa shape index (κ1) is 13.0. The van der Waals surface area contributed by atoms with Crippen LogP contribution in [0.25, 0.3) is 0 Å². The maximum Gasteiger partial charge on any atom is 0.166 e. The van der Waals surface area contributed by atoms with Gasteiger partial charge in [0.05, 0.1) is 29.5 Å². The van der Waals surface area contributed by atoms with Crippen molar-refractivity contribution in [3.05, 3.63) is 0 Å². The average Bonchev–Trinajstić information content (AvgIpc) is 2.36. The molecule has 15 heavy (non-hydrogen) atoms. The van der Waals surface area contributed by atoms with Gasteiger partial charge in [0.25, 0.3) is 0 Å². The van der Waals surface area contributed by atoms with Gasteiger partial charge in [-0.3, -0.25) is 0 Å². The van der Waals surface area contributed by atoms with Crippen LogP contribution in [0.3, 0.4) is 0 Å². The highest BCUT2D eigenvalue weighted by Gasteiger charge is 2.36. The maximum atomic E-state index is 11.2. The van der Waals surface area contributed by atoms with Crippen LogP contribution in [-0.4, -0.2) is 54.7 Å². The Morgan fingerprint density at radius 1 is 1.53 bits per heavy atom. The van der Waals surface area contributed by atoms with Crippen LogP contribution in [0.1, 0.15) is 0 Å². The number of halogens is 1. The van der Waals surface area contributed by atoms with Crippen molar-refractivity contribution in [3.63, 3.8) is 0 Å². The summed E-state index contributed by atoms with van der Waals surface area (Å²) in [6.45, 7) is 0.299. The monoisotopic (exact) mass is 272 g/mol. The molecule has 0 aromatic rings. The van der Waals surface area contributed by atoms with Crippen LogP contribution in [0.4, 0.5) is 0 Å². The van der Waals surface area contributed by atoms with Gasteiger partial charge in [0.1, 0.15) is 0 Å². The number of sulfone groups is 1. The van der Waals surface area contributed by atoms with Gasteiger partial charge in [0, 0.05) is 6.54 Å². The van der Waals surface area contributed by atoms with E-state index >= 15 is 0 Å². The van der Waals surface area contributed by atoms with Crippen LogP contribution in [-0.2, 0) is 9.84 Å². The molecule has 1 aliphatic heterocycles. The van der Waals surface area contributed by atoms with E-state index in [4.69, 9.17) is 28.9 Å². The number of aliphatic hydroxyl groups is 1. The lowest BCUT2D eigenvalue weighted by Crippen LogP contribution is -2.46. The molecule has 0 radical (unpaired) electrons. The molecule has 1 aliphatic rings. The number of aliphatic hydroxyl groups excluding tert-OH is 1. The Bertz CT molecular complexity index is 333.